The van der Waals surface area contributed by atoms with Crippen molar-refractivity contribution >= 4 is 34.6 Å². The average Bonchev–Trinajstić information content (AvgIpc) is 3.51. The molecule has 8 nitrogen and oxygen atoms in total. The van der Waals surface area contributed by atoms with Gasteiger partial charge >= 0.3 is 5.97 Å². The highest BCUT2D eigenvalue weighted by Crippen LogP contribution is 2.28. The number of carbonyl (C=O) groups excluding carboxylic acids is 1. The zero-order valence-electron chi connectivity index (χ0n) is 17.2. The summed E-state index contributed by atoms with van der Waals surface area (Å²) in [6.07, 6.45) is 0.768. The molecule has 33 heavy (non-hydrogen) atoms. The van der Waals surface area contributed by atoms with Crippen LogP contribution in [0.5, 0.6) is 0 Å². The van der Waals surface area contributed by atoms with Crippen LogP contribution >= 0.6 is 11.3 Å². The number of ether oxygens (including phenoxy) is 1. The Morgan fingerprint density at radius 3 is 2.52 bits per heavy atom. The fourth-order valence-corrected chi connectivity index (χ4v) is 3.63. The molecule has 0 aliphatic heterocycles. The van der Waals surface area contributed by atoms with Crippen molar-refractivity contribution in [1.82, 2.24) is 10.2 Å². The van der Waals surface area contributed by atoms with Gasteiger partial charge in [0, 0.05) is 22.6 Å². The molecule has 1 unspecified atom stereocenters. The lowest BCUT2D eigenvalue weighted by Crippen LogP contribution is -2.10. The van der Waals surface area contributed by atoms with Gasteiger partial charge in [-0.1, -0.05) is 18.2 Å². The smallest absolute Gasteiger partial charge is 0.340 e. The third-order valence-electron chi connectivity index (χ3n) is 4.58. The van der Waals surface area contributed by atoms with Gasteiger partial charge in [-0.15, -0.1) is 21.5 Å². The first kappa shape index (κ1) is 22.0. The number of esters is 1. The van der Waals surface area contributed by atoms with Gasteiger partial charge in [0.05, 0.1) is 10.5 Å². The maximum absolute atomic E-state index is 13.2. The number of halogens is 1. The monoisotopic (exact) mass is 465 g/mol. The van der Waals surface area contributed by atoms with Crippen LogP contribution < -0.4 is 0 Å². The molecule has 4 rings (SSSR count). The van der Waals surface area contributed by atoms with Crippen molar-refractivity contribution in [2.24, 2.45) is 0 Å². The van der Waals surface area contributed by atoms with Gasteiger partial charge in [-0.05, 0) is 54.3 Å². The summed E-state index contributed by atoms with van der Waals surface area (Å²) in [6.45, 7) is 1.59. The van der Waals surface area contributed by atoms with Gasteiger partial charge in [-0.2, -0.15) is 0 Å². The first-order valence-corrected chi connectivity index (χ1v) is 10.6. The van der Waals surface area contributed by atoms with Crippen molar-refractivity contribution in [3.05, 3.63) is 98.3 Å². The summed E-state index contributed by atoms with van der Waals surface area (Å²) in [6, 6.07) is 15.0. The Bertz CT molecular complexity index is 1300. The van der Waals surface area contributed by atoms with Gasteiger partial charge in [-0.3, -0.25) is 10.1 Å². The van der Waals surface area contributed by atoms with E-state index < -0.39 is 17.0 Å². The van der Waals surface area contributed by atoms with Crippen LogP contribution in [-0.2, 0) is 9.53 Å². The number of benzene rings is 2. The Morgan fingerprint density at radius 2 is 1.88 bits per heavy atom. The van der Waals surface area contributed by atoms with Crippen LogP contribution in [0.3, 0.4) is 0 Å². The molecule has 10 heteroatoms. The minimum absolute atomic E-state index is 0.0603. The van der Waals surface area contributed by atoms with Crippen molar-refractivity contribution in [3.63, 3.8) is 0 Å². The quantitative estimate of drug-likeness (QED) is 0.149. The van der Waals surface area contributed by atoms with Gasteiger partial charge in [0.2, 0.25) is 5.89 Å². The van der Waals surface area contributed by atoms with Crippen molar-refractivity contribution in [3.8, 4) is 11.5 Å². The summed E-state index contributed by atoms with van der Waals surface area (Å²) < 4.78 is 24.4. The minimum Gasteiger partial charge on any atom is -0.449 e. The lowest BCUT2D eigenvalue weighted by Gasteiger charge is -2.11. The van der Waals surface area contributed by atoms with Crippen LogP contribution in [0.15, 0.2) is 70.5 Å². The van der Waals surface area contributed by atoms with Crippen molar-refractivity contribution < 1.29 is 23.3 Å². The Kier molecular flexibility index (Phi) is 6.36. The molecule has 0 aliphatic carbocycles. The molecule has 166 valence electrons. The number of thiophene rings is 1. The third kappa shape index (κ3) is 5.18. The molecule has 0 spiro atoms. The second kappa shape index (κ2) is 9.53. The summed E-state index contributed by atoms with van der Waals surface area (Å²) in [7, 11) is 0. The Labute approximate surface area is 191 Å². The largest absolute Gasteiger partial charge is 0.449 e. The van der Waals surface area contributed by atoms with Crippen LogP contribution in [0.25, 0.3) is 23.1 Å². The SMILES string of the molecule is CC(OC(=O)/C(=C/c1ccc(F)cc1)c1cccs1)c1nnc(-c2ccc([N+](=O)[O-])cc2)o1. The number of hydrogen-bond donors (Lipinski definition) is 0. The molecule has 2 aromatic heterocycles. The maximum Gasteiger partial charge on any atom is 0.340 e. The van der Waals surface area contributed by atoms with Crippen LogP contribution in [0.4, 0.5) is 10.1 Å². The van der Waals surface area contributed by atoms with Crippen LogP contribution in [-0.4, -0.2) is 21.1 Å². The van der Waals surface area contributed by atoms with Crippen molar-refractivity contribution in [2.45, 2.75) is 13.0 Å². The summed E-state index contributed by atoms with van der Waals surface area (Å²) in [5, 5.41) is 20.5. The zero-order chi connectivity index (χ0) is 23.4. The van der Waals surface area contributed by atoms with Gasteiger partial charge in [-0.25, -0.2) is 9.18 Å². The fraction of sp³-hybridized carbons (Fsp3) is 0.0870. The van der Waals surface area contributed by atoms with E-state index >= 15 is 0 Å². The first-order chi connectivity index (χ1) is 15.9. The van der Waals surface area contributed by atoms with Gasteiger partial charge in [0.1, 0.15) is 5.82 Å². The highest BCUT2D eigenvalue weighted by Gasteiger charge is 2.23. The van der Waals surface area contributed by atoms with Gasteiger partial charge in [0.25, 0.3) is 11.6 Å². The van der Waals surface area contributed by atoms with E-state index in [0.717, 1.165) is 0 Å². The maximum atomic E-state index is 13.2. The number of nitro benzene ring substituents is 1. The topological polar surface area (TPSA) is 108 Å². The molecule has 2 aromatic carbocycles. The molecule has 0 aliphatic rings. The standard InChI is InChI=1S/C23H16FN3O5S/c1-14(21-25-26-22(32-21)16-6-10-18(11-7-16)27(29)30)31-23(28)19(20-3-2-12-33-20)13-15-4-8-17(24)9-5-15/h2-14H,1H3/b19-13+. The number of non-ortho nitro benzene ring substituents is 1. The van der Waals surface area contributed by atoms with E-state index in [-0.39, 0.29) is 23.3 Å². The Morgan fingerprint density at radius 1 is 1.15 bits per heavy atom. The molecule has 2 heterocycles. The highest BCUT2D eigenvalue weighted by atomic mass is 32.1. The van der Waals surface area contributed by atoms with Gasteiger partial charge in [0.15, 0.2) is 6.10 Å². The van der Waals surface area contributed by atoms with E-state index in [1.165, 1.54) is 47.7 Å². The van der Waals surface area contributed by atoms with E-state index in [1.807, 2.05) is 11.4 Å². The second-order valence-electron chi connectivity index (χ2n) is 6.88. The third-order valence-corrected chi connectivity index (χ3v) is 5.49. The van der Waals surface area contributed by atoms with Crippen molar-refractivity contribution in [1.29, 1.82) is 0 Å². The van der Waals surface area contributed by atoms with Crippen LogP contribution in [0, 0.1) is 15.9 Å². The first-order valence-electron chi connectivity index (χ1n) is 9.71. The van der Waals surface area contributed by atoms with E-state index in [1.54, 1.807) is 31.2 Å². The predicted molar refractivity (Wildman–Crippen MR) is 119 cm³/mol. The van der Waals surface area contributed by atoms with Gasteiger partial charge < -0.3 is 9.15 Å². The molecule has 0 saturated heterocycles. The number of carbonyl (C=O) groups is 1. The molecule has 1 atom stereocenters. The molecule has 0 radical (unpaired) electrons. The Balaban J connectivity index is 1.53. The van der Waals surface area contributed by atoms with Crippen LogP contribution in [0.2, 0.25) is 0 Å². The lowest BCUT2D eigenvalue weighted by molar-refractivity contribution is -0.384. The molecule has 4 aromatic rings. The van der Waals surface area contributed by atoms with E-state index in [9.17, 15) is 19.3 Å². The minimum atomic E-state index is -0.853. The van der Waals surface area contributed by atoms with E-state index in [0.29, 0.717) is 21.6 Å². The lowest BCUT2D eigenvalue weighted by atomic mass is 10.1. The summed E-state index contributed by atoms with van der Waals surface area (Å²) >= 11 is 1.37. The highest BCUT2D eigenvalue weighted by molar-refractivity contribution is 7.11. The molecule has 0 bridgehead atoms. The van der Waals surface area contributed by atoms with Crippen LogP contribution in [0.1, 0.15) is 29.4 Å². The van der Waals surface area contributed by atoms with E-state index in [2.05, 4.69) is 10.2 Å². The number of rotatable bonds is 7. The fourth-order valence-electron chi connectivity index (χ4n) is 2.90. The van der Waals surface area contributed by atoms with E-state index in [4.69, 9.17) is 9.15 Å². The molecular formula is C23H16FN3O5S. The number of nitrogens with zero attached hydrogens (tertiary/aromatic N) is 3. The molecule has 0 saturated carbocycles. The number of hydrogen-bond acceptors (Lipinski definition) is 8. The summed E-state index contributed by atoms with van der Waals surface area (Å²) in [4.78, 5) is 23.9. The number of nitro groups is 1. The zero-order valence-corrected chi connectivity index (χ0v) is 18.0. The normalized spacial score (nSPS) is 12.4. The average molecular weight is 465 g/mol. The van der Waals surface area contributed by atoms with Crippen molar-refractivity contribution in [2.75, 3.05) is 0 Å². The molecular weight excluding hydrogens is 449 g/mol. The predicted octanol–water partition coefficient (Wildman–Crippen LogP) is 5.69. The Hall–Kier alpha value is -4.18. The molecule has 0 fully saturated rings. The number of aromatic nitrogens is 2. The second-order valence-corrected chi connectivity index (χ2v) is 7.83. The summed E-state index contributed by atoms with van der Waals surface area (Å²) in [5.74, 6) is -0.766. The molecule has 0 amide bonds. The molecule has 0 N–H and O–H groups in total. The summed E-state index contributed by atoms with van der Waals surface area (Å²) in [5.41, 5.74) is 1.38.